The molecule has 4 N–H and O–H groups in total. The number of anilines is 2. The maximum absolute atomic E-state index is 5.16. The highest BCUT2D eigenvalue weighted by molar-refractivity contribution is 5.45. The van der Waals surface area contributed by atoms with Crippen molar-refractivity contribution in [1.29, 1.82) is 0 Å². The third kappa shape index (κ3) is 1.82. The van der Waals surface area contributed by atoms with Crippen LogP contribution in [0.25, 0.3) is 0 Å². The van der Waals surface area contributed by atoms with Gasteiger partial charge in [-0.25, -0.2) is 10.8 Å². The summed E-state index contributed by atoms with van der Waals surface area (Å²) in [6, 6.07) is 0. The summed E-state index contributed by atoms with van der Waals surface area (Å²) in [4.78, 5) is 8.07. The van der Waals surface area contributed by atoms with Crippen molar-refractivity contribution < 1.29 is 0 Å². The van der Waals surface area contributed by atoms with Gasteiger partial charge in [0.05, 0.1) is 0 Å². The van der Waals surface area contributed by atoms with Crippen LogP contribution < -0.4 is 16.6 Å². The van der Waals surface area contributed by atoms with Gasteiger partial charge in [-0.2, -0.15) is 4.98 Å². The number of hydrogen-bond acceptors (Lipinski definition) is 5. The number of rotatable bonds is 3. The Morgan fingerprint density at radius 3 is 2.92 bits per heavy atom. The van der Waals surface area contributed by atoms with Crippen molar-refractivity contribution in [2.24, 2.45) is 5.84 Å². The Hall–Kier alpha value is -1.36. The molecule has 1 heterocycles. The van der Waals surface area contributed by atoms with Crippen LogP contribution in [-0.2, 0) is 0 Å². The van der Waals surface area contributed by atoms with Crippen molar-refractivity contribution in [3.05, 3.63) is 11.8 Å². The first-order valence-corrected chi connectivity index (χ1v) is 3.82. The van der Waals surface area contributed by atoms with Crippen LogP contribution in [-0.4, -0.2) is 16.5 Å². The van der Waals surface area contributed by atoms with Crippen LogP contribution in [0.1, 0.15) is 12.5 Å². The van der Waals surface area contributed by atoms with Crippen LogP contribution in [0.3, 0.4) is 0 Å². The Bertz CT molecular complexity index is 260. The highest BCUT2D eigenvalue weighted by atomic mass is 15.3. The predicted octanol–water partition coefficient (Wildman–Crippen LogP) is 0.502. The van der Waals surface area contributed by atoms with Crippen molar-refractivity contribution in [1.82, 2.24) is 9.97 Å². The Morgan fingerprint density at radius 1 is 1.58 bits per heavy atom. The zero-order valence-electron chi connectivity index (χ0n) is 7.26. The summed E-state index contributed by atoms with van der Waals surface area (Å²) in [7, 11) is 0. The Kier molecular flexibility index (Phi) is 2.82. The van der Waals surface area contributed by atoms with E-state index < -0.39 is 0 Å². The number of aromatic nitrogens is 2. The van der Waals surface area contributed by atoms with E-state index >= 15 is 0 Å². The van der Waals surface area contributed by atoms with Crippen LogP contribution in [0.2, 0.25) is 0 Å². The fourth-order valence-corrected chi connectivity index (χ4v) is 0.858. The zero-order valence-corrected chi connectivity index (χ0v) is 7.26. The summed E-state index contributed by atoms with van der Waals surface area (Å²) in [5.74, 6) is 6.41. The SMILES string of the molecule is CCNc1nc(NN)ncc1C. The van der Waals surface area contributed by atoms with E-state index in [0.717, 1.165) is 17.9 Å². The molecule has 0 aliphatic carbocycles. The highest BCUT2D eigenvalue weighted by Crippen LogP contribution is 2.10. The van der Waals surface area contributed by atoms with E-state index in [4.69, 9.17) is 5.84 Å². The summed E-state index contributed by atoms with van der Waals surface area (Å²) < 4.78 is 0. The van der Waals surface area contributed by atoms with Gasteiger partial charge in [-0.05, 0) is 13.8 Å². The molecule has 1 rings (SSSR count). The maximum Gasteiger partial charge on any atom is 0.239 e. The van der Waals surface area contributed by atoms with Gasteiger partial charge in [0.25, 0.3) is 0 Å². The number of nitrogens with one attached hydrogen (secondary N) is 2. The van der Waals surface area contributed by atoms with Gasteiger partial charge < -0.3 is 5.32 Å². The molecule has 0 spiro atoms. The summed E-state index contributed by atoms with van der Waals surface area (Å²) >= 11 is 0. The van der Waals surface area contributed by atoms with Gasteiger partial charge in [0.2, 0.25) is 5.95 Å². The number of nitrogens with zero attached hydrogens (tertiary/aromatic N) is 2. The van der Waals surface area contributed by atoms with E-state index in [1.165, 1.54) is 0 Å². The van der Waals surface area contributed by atoms with Crippen LogP contribution >= 0.6 is 0 Å². The molecule has 0 aliphatic rings. The summed E-state index contributed by atoms with van der Waals surface area (Å²) in [6.07, 6.45) is 1.72. The minimum atomic E-state index is 0.427. The van der Waals surface area contributed by atoms with Gasteiger partial charge in [-0.1, -0.05) is 0 Å². The third-order valence-corrected chi connectivity index (χ3v) is 1.45. The molecule has 1 aromatic rings. The smallest absolute Gasteiger partial charge is 0.239 e. The first-order chi connectivity index (χ1) is 5.77. The van der Waals surface area contributed by atoms with Gasteiger partial charge in [0, 0.05) is 18.3 Å². The van der Waals surface area contributed by atoms with Crippen molar-refractivity contribution >= 4 is 11.8 Å². The number of hydrazine groups is 1. The van der Waals surface area contributed by atoms with Gasteiger partial charge in [0.1, 0.15) is 5.82 Å². The standard InChI is InChI=1S/C7H13N5/c1-3-9-6-5(2)4-10-7(11-6)12-8/h4H,3,8H2,1-2H3,(H2,9,10,11,12). The molecule has 0 amide bonds. The number of nitrogen functional groups attached to an aromatic ring is 1. The molecule has 0 bridgehead atoms. The fourth-order valence-electron chi connectivity index (χ4n) is 0.858. The number of hydrogen-bond donors (Lipinski definition) is 3. The second-order valence-corrected chi connectivity index (χ2v) is 2.40. The molecule has 0 saturated heterocycles. The first kappa shape index (κ1) is 8.73. The van der Waals surface area contributed by atoms with E-state index in [0.29, 0.717) is 5.95 Å². The van der Waals surface area contributed by atoms with Crippen LogP contribution in [0.4, 0.5) is 11.8 Å². The van der Waals surface area contributed by atoms with E-state index in [9.17, 15) is 0 Å². The average Bonchev–Trinajstić information content (AvgIpc) is 2.09. The minimum Gasteiger partial charge on any atom is -0.370 e. The summed E-state index contributed by atoms with van der Waals surface area (Å²) in [6.45, 7) is 4.79. The second kappa shape index (κ2) is 3.87. The Morgan fingerprint density at radius 2 is 2.33 bits per heavy atom. The lowest BCUT2D eigenvalue weighted by Gasteiger charge is -2.06. The van der Waals surface area contributed by atoms with Crippen molar-refractivity contribution in [2.75, 3.05) is 17.3 Å². The average molecular weight is 167 g/mol. The number of nitrogens with two attached hydrogens (primary N) is 1. The van der Waals surface area contributed by atoms with Crippen molar-refractivity contribution in [3.8, 4) is 0 Å². The number of aryl methyl sites for hydroxylation is 1. The predicted molar refractivity (Wildman–Crippen MR) is 48.7 cm³/mol. The van der Waals surface area contributed by atoms with E-state index in [2.05, 4.69) is 20.7 Å². The van der Waals surface area contributed by atoms with E-state index in [-0.39, 0.29) is 0 Å². The topological polar surface area (TPSA) is 75.9 Å². The van der Waals surface area contributed by atoms with E-state index in [1.807, 2.05) is 13.8 Å². The molecular formula is C7H13N5. The molecule has 0 aliphatic heterocycles. The normalized spacial score (nSPS) is 9.58. The Balaban J connectivity index is 2.91. The quantitative estimate of drug-likeness (QED) is 0.451. The molecular weight excluding hydrogens is 154 g/mol. The lowest BCUT2D eigenvalue weighted by atomic mass is 10.3. The second-order valence-electron chi connectivity index (χ2n) is 2.40. The van der Waals surface area contributed by atoms with Gasteiger partial charge in [-0.15, -0.1) is 0 Å². The van der Waals surface area contributed by atoms with Crippen LogP contribution in [0.5, 0.6) is 0 Å². The van der Waals surface area contributed by atoms with Gasteiger partial charge in [-0.3, -0.25) is 5.43 Å². The molecule has 0 unspecified atom stereocenters. The molecule has 12 heavy (non-hydrogen) atoms. The monoisotopic (exact) mass is 167 g/mol. The molecule has 5 nitrogen and oxygen atoms in total. The third-order valence-electron chi connectivity index (χ3n) is 1.45. The summed E-state index contributed by atoms with van der Waals surface area (Å²) in [5, 5.41) is 3.10. The first-order valence-electron chi connectivity index (χ1n) is 3.82. The van der Waals surface area contributed by atoms with Gasteiger partial charge >= 0.3 is 0 Å². The zero-order chi connectivity index (χ0) is 8.97. The van der Waals surface area contributed by atoms with Crippen molar-refractivity contribution in [3.63, 3.8) is 0 Å². The Labute approximate surface area is 71.4 Å². The maximum atomic E-state index is 5.16. The van der Waals surface area contributed by atoms with E-state index in [1.54, 1.807) is 6.20 Å². The largest absolute Gasteiger partial charge is 0.370 e. The van der Waals surface area contributed by atoms with Crippen LogP contribution in [0, 0.1) is 6.92 Å². The fraction of sp³-hybridized carbons (Fsp3) is 0.429. The molecule has 0 atom stereocenters. The molecule has 0 radical (unpaired) electrons. The van der Waals surface area contributed by atoms with Crippen LogP contribution in [0.15, 0.2) is 6.20 Å². The minimum absolute atomic E-state index is 0.427. The van der Waals surface area contributed by atoms with Crippen molar-refractivity contribution in [2.45, 2.75) is 13.8 Å². The summed E-state index contributed by atoms with van der Waals surface area (Å²) in [5.41, 5.74) is 3.40. The molecule has 0 aromatic carbocycles. The molecule has 0 saturated carbocycles. The highest BCUT2D eigenvalue weighted by Gasteiger charge is 1.99. The van der Waals surface area contributed by atoms with Gasteiger partial charge in [0.15, 0.2) is 0 Å². The molecule has 66 valence electrons. The lowest BCUT2D eigenvalue weighted by molar-refractivity contribution is 1.06. The molecule has 5 heteroatoms. The molecule has 1 aromatic heterocycles. The molecule has 0 fully saturated rings. The lowest BCUT2D eigenvalue weighted by Crippen LogP contribution is -2.12.